The third kappa shape index (κ3) is 5.18. The number of nitrogens with zero attached hydrogens (tertiary/aromatic N) is 2. The van der Waals surface area contributed by atoms with Gasteiger partial charge in [-0.1, -0.05) is 12.1 Å². The summed E-state index contributed by atoms with van der Waals surface area (Å²) in [6, 6.07) is 19.0. The monoisotopic (exact) mass is 463 g/mol. The molecule has 1 N–H and O–H groups in total. The Bertz CT molecular complexity index is 1270. The number of ether oxygens (including phenoxy) is 3. The molecule has 0 aliphatic heterocycles. The average Bonchev–Trinajstić information content (AvgIpc) is 3.26. The van der Waals surface area contributed by atoms with Crippen molar-refractivity contribution in [1.29, 1.82) is 0 Å². The summed E-state index contributed by atoms with van der Waals surface area (Å²) in [4.78, 5) is 12.1. The Kier molecular flexibility index (Phi) is 7.08. The molecule has 1 heterocycles. The Hall–Kier alpha value is -3.91. The minimum Gasteiger partial charge on any atom is -0.497 e. The molecule has 3 aromatic carbocycles. The Morgan fingerprint density at radius 2 is 1.85 bits per heavy atom. The average molecular weight is 464 g/mol. The number of fused-ring (bicyclic) bond motifs is 1. The first-order chi connectivity index (χ1) is 16.5. The molecule has 2 unspecified atom stereocenters. The predicted molar refractivity (Wildman–Crippen MR) is 127 cm³/mol. The summed E-state index contributed by atoms with van der Waals surface area (Å²) < 4.78 is 31.7. The van der Waals surface area contributed by atoms with Crippen molar-refractivity contribution >= 4 is 16.8 Å². The summed E-state index contributed by atoms with van der Waals surface area (Å²) in [5, 5.41) is 8.23. The number of carbonyl (C=O) groups is 1. The Morgan fingerprint density at radius 1 is 1.06 bits per heavy atom. The van der Waals surface area contributed by atoms with Gasteiger partial charge in [0, 0.05) is 12.5 Å². The van der Waals surface area contributed by atoms with E-state index in [-0.39, 0.29) is 24.4 Å². The molecule has 8 heteroatoms. The van der Waals surface area contributed by atoms with E-state index < -0.39 is 6.10 Å². The fourth-order valence-electron chi connectivity index (χ4n) is 3.80. The van der Waals surface area contributed by atoms with E-state index in [2.05, 4.69) is 10.4 Å². The summed E-state index contributed by atoms with van der Waals surface area (Å²) in [7, 11) is 3.08. The Balaban J connectivity index is 1.64. The summed E-state index contributed by atoms with van der Waals surface area (Å²) in [6.45, 7) is 1.84. The summed E-state index contributed by atoms with van der Waals surface area (Å²) in [5.41, 5.74) is 2.47. The van der Waals surface area contributed by atoms with Gasteiger partial charge in [0.25, 0.3) is 0 Å². The molecule has 34 heavy (non-hydrogen) atoms. The van der Waals surface area contributed by atoms with Crippen molar-refractivity contribution < 1.29 is 23.4 Å². The quantitative estimate of drug-likeness (QED) is 0.397. The number of halogens is 1. The molecule has 0 saturated heterocycles. The van der Waals surface area contributed by atoms with Crippen LogP contribution in [0.15, 0.2) is 72.9 Å². The van der Waals surface area contributed by atoms with Gasteiger partial charge in [0.2, 0.25) is 5.91 Å². The Morgan fingerprint density at radius 3 is 2.59 bits per heavy atom. The second-order valence-electron chi connectivity index (χ2n) is 7.86. The highest BCUT2D eigenvalue weighted by Crippen LogP contribution is 2.30. The zero-order chi connectivity index (χ0) is 24.1. The van der Waals surface area contributed by atoms with Gasteiger partial charge in [0.1, 0.15) is 30.0 Å². The number of benzene rings is 3. The lowest BCUT2D eigenvalue weighted by Crippen LogP contribution is -2.40. The number of amides is 1. The van der Waals surface area contributed by atoms with Crippen LogP contribution in [-0.2, 0) is 9.53 Å². The summed E-state index contributed by atoms with van der Waals surface area (Å²) >= 11 is 0. The highest BCUT2D eigenvalue weighted by atomic mass is 19.1. The summed E-state index contributed by atoms with van der Waals surface area (Å²) in [6.07, 6.45) is 1.25. The Labute approximate surface area is 197 Å². The van der Waals surface area contributed by atoms with Crippen LogP contribution in [0, 0.1) is 5.82 Å². The highest BCUT2D eigenvalue weighted by Gasteiger charge is 2.24. The van der Waals surface area contributed by atoms with Gasteiger partial charge in [-0.2, -0.15) is 5.10 Å². The molecule has 0 saturated carbocycles. The molecule has 0 bridgehead atoms. The minimum absolute atomic E-state index is 0.0380. The second-order valence-corrected chi connectivity index (χ2v) is 7.86. The lowest BCUT2D eigenvalue weighted by Gasteiger charge is -2.27. The number of rotatable bonds is 9. The molecular formula is C26H26FN3O4. The van der Waals surface area contributed by atoms with E-state index in [1.54, 1.807) is 30.1 Å². The van der Waals surface area contributed by atoms with Crippen LogP contribution in [0.25, 0.3) is 16.6 Å². The van der Waals surface area contributed by atoms with Crippen molar-refractivity contribution in [3.63, 3.8) is 0 Å². The van der Waals surface area contributed by atoms with Crippen LogP contribution in [0.3, 0.4) is 0 Å². The first-order valence-electron chi connectivity index (χ1n) is 10.8. The van der Waals surface area contributed by atoms with Crippen LogP contribution in [0.1, 0.15) is 18.6 Å². The van der Waals surface area contributed by atoms with Gasteiger partial charge in [0.05, 0.1) is 30.6 Å². The van der Waals surface area contributed by atoms with Crippen molar-refractivity contribution in [3.8, 4) is 17.2 Å². The molecule has 0 radical (unpaired) electrons. The molecular weight excluding hydrogens is 437 g/mol. The zero-order valence-corrected chi connectivity index (χ0v) is 19.2. The van der Waals surface area contributed by atoms with Gasteiger partial charge in [-0.05, 0) is 67.1 Å². The SMILES string of the molecule is COCC(=O)NC(C)C(Oc1ccc2c(cnn2-c2ccc(F)cc2)c1)c1cccc(OC)c1. The van der Waals surface area contributed by atoms with Crippen LogP contribution in [-0.4, -0.2) is 42.6 Å². The van der Waals surface area contributed by atoms with Gasteiger partial charge < -0.3 is 19.5 Å². The third-order valence-corrected chi connectivity index (χ3v) is 5.41. The topological polar surface area (TPSA) is 74.6 Å². The molecule has 1 amide bonds. The van der Waals surface area contributed by atoms with Crippen molar-refractivity contribution in [1.82, 2.24) is 15.1 Å². The van der Waals surface area contributed by atoms with Crippen molar-refractivity contribution in [2.75, 3.05) is 20.8 Å². The smallest absolute Gasteiger partial charge is 0.246 e. The van der Waals surface area contributed by atoms with E-state index in [1.807, 2.05) is 49.4 Å². The molecule has 1 aromatic heterocycles. The van der Waals surface area contributed by atoms with Crippen LogP contribution in [0.4, 0.5) is 4.39 Å². The van der Waals surface area contributed by atoms with Crippen LogP contribution >= 0.6 is 0 Å². The second kappa shape index (κ2) is 10.4. The molecule has 176 valence electrons. The standard InChI is InChI=1S/C26H26FN3O4/c1-17(29-25(31)16-32-2)26(18-5-4-6-22(13-18)33-3)34-23-11-12-24-19(14-23)15-28-30(24)21-9-7-20(27)8-10-21/h4-15,17,26H,16H2,1-3H3,(H,29,31). The number of methoxy groups -OCH3 is 2. The maximum atomic E-state index is 13.3. The van der Waals surface area contributed by atoms with Crippen molar-refractivity contribution in [2.45, 2.75) is 19.1 Å². The minimum atomic E-state index is -0.486. The predicted octanol–water partition coefficient (Wildman–Crippen LogP) is 4.44. The fraction of sp³-hybridized carbons (Fsp3) is 0.231. The molecule has 7 nitrogen and oxygen atoms in total. The first-order valence-corrected chi connectivity index (χ1v) is 10.8. The largest absolute Gasteiger partial charge is 0.497 e. The van der Waals surface area contributed by atoms with Crippen LogP contribution in [0.2, 0.25) is 0 Å². The van der Waals surface area contributed by atoms with Crippen molar-refractivity contribution in [2.24, 2.45) is 0 Å². The lowest BCUT2D eigenvalue weighted by molar-refractivity contribution is -0.126. The van der Waals surface area contributed by atoms with E-state index in [9.17, 15) is 9.18 Å². The van der Waals surface area contributed by atoms with E-state index in [0.29, 0.717) is 11.5 Å². The number of hydrogen-bond acceptors (Lipinski definition) is 5. The number of carbonyl (C=O) groups excluding carboxylic acids is 1. The molecule has 0 spiro atoms. The van der Waals surface area contributed by atoms with Gasteiger partial charge in [-0.15, -0.1) is 0 Å². The molecule has 0 aliphatic carbocycles. The number of nitrogens with one attached hydrogen (secondary N) is 1. The normalized spacial score (nSPS) is 12.8. The molecule has 0 fully saturated rings. The number of hydrogen-bond donors (Lipinski definition) is 1. The van der Waals surface area contributed by atoms with Crippen LogP contribution in [0.5, 0.6) is 11.5 Å². The van der Waals surface area contributed by atoms with E-state index in [4.69, 9.17) is 14.2 Å². The van der Waals surface area contributed by atoms with Crippen LogP contribution < -0.4 is 14.8 Å². The van der Waals surface area contributed by atoms with Gasteiger partial charge >= 0.3 is 0 Å². The van der Waals surface area contributed by atoms with E-state index >= 15 is 0 Å². The summed E-state index contributed by atoms with van der Waals surface area (Å²) in [5.74, 6) is 0.776. The zero-order valence-electron chi connectivity index (χ0n) is 19.2. The maximum absolute atomic E-state index is 13.3. The molecule has 0 aliphatic rings. The fourth-order valence-corrected chi connectivity index (χ4v) is 3.80. The van der Waals surface area contributed by atoms with E-state index in [0.717, 1.165) is 22.2 Å². The van der Waals surface area contributed by atoms with Gasteiger partial charge in [-0.3, -0.25) is 4.79 Å². The molecule has 2 atom stereocenters. The van der Waals surface area contributed by atoms with Gasteiger partial charge in [0.15, 0.2) is 0 Å². The highest BCUT2D eigenvalue weighted by molar-refractivity contribution is 5.82. The van der Waals surface area contributed by atoms with Crippen molar-refractivity contribution in [3.05, 3.63) is 84.3 Å². The third-order valence-electron chi connectivity index (χ3n) is 5.41. The molecule has 4 aromatic rings. The van der Waals surface area contributed by atoms with Gasteiger partial charge in [-0.25, -0.2) is 9.07 Å². The maximum Gasteiger partial charge on any atom is 0.246 e. The lowest BCUT2D eigenvalue weighted by atomic mass is 10.0. The molecule has 4 rings (SSSR count). The first kappa shape index (κ1) is 23.3. The number of aromatic nitrogens is 2. The van der Waals surface area contributed by atoms with E-state index in [1.165, 1.54) is 19.2 Å².